The molecule has 1 amide bonds. The second-order valence-electron chi connectivity index (χ2n) is 6.54. The fraction of sp³-hybridized carbons (Fsp3) is 0.400. The number of hydrogen-bond acceptors (Lipinski definition) is 6. The van der Waals surface area contributed by atoms with E-state index in [-0.39, 0.29) is 18.0 Å². The standard InChI is InChI=1S/C20H24N4O4/c1-12-7-17(27-5)18(28-6)8-15(12)10-23(4)19(25)11-24-20(26)16(9-21)13(2)14(3)22-24/h7-8H,10-11H2,1-6H3. The van der Waals surface area contributed by atoms with Crippen molar-refractivity contribution < 1.29 is 14.3 Å². The van der Waals surface area contributed by atoms with Gasteiger partial charge in [0.05, 0.1) is 19.9 Å². The molecule has 0 aliphatic carbocycles. The van der Waals surface area contributed by atoms with Gasteiger partial charge in [0.25, 0.3) is 5.56 Å². The van der Waals surface area contributed by atoms with Crippen molar-refractivity contribution in [2.75, 3.05) is 21.3 Å². The molecular formula is C20H24N4O4. The first-order valence-electron chi connectivity index (χ1n) is 8.67. The molecule has 0 unspecified atom stereocenters. The highest BCUT2D eigenvalue weighted by Gasteiger charge is 2.18. The van der Waals surface area contributed by atoms with E-state index < -0.39 is 5.56 Å². The fourth-order valence-electron chi connectivity index (χ4n) is 2.80. The van der Waals surface area contributed by atoms with Gasteiger partial charge in [-0.25, -0.2) is 4.68 Å². The number of nitrogens with zero attached hydrogens (tertiary/aromatic N) is 4. The molecule has 1 aromatic carbocycles. The van der Waals surface area contributed by atoms with Gasteiger partial charge in [-0.1, -0.05) is 0 Å². The minimum absolute atomic E-state index is 0.0127. The van der Waals surface area contributed by atoms with Crippen LogP contribution in [-0.4, -0.2) is 41.9 Å². The van der Waals surface area contributed by atoms with Crippen molar-refractivity contribution in [3.05, 3.63) is 50.4 Å². The van der Waals surface area contributed by atoms with Crippen molar-refractivity contribution in [1.82, 2.24) is 14.7 Å². The molecule has 0 aliphatic heterocycles. The Hall–Kier alpha value is -3.34. The Balaban J connectivity index is 2.25. The second kappa shape index (κ2) is 8.57. The van der Waals surface area contributed by atoms with Gasteiger partial charge in [0.15, 0.2) is 11.5 Å². The van der Waals surface area contributed by atoms with Gasteiger partial charge in [0, 0.05) is 13.6 Å². The molecule has 0 fully saturated rings. The van der Waals surface area contributed by atoms with E-state index in [1.54, 1.807) is 35.1 Å². The molecule has 0 aliphatic rings. The first kappa shape index (κ1) is 21.0. The van der Waals surface area contributed by atoms with Crippen molar-refractivity contribution in [2.45, 2.75) is 33.9 Å². The zero-order valence-electron chi connectivity index (χ0n) is 17.0. The Bertz CT molecular complexity index is 1000. The van der Waals surface area contributed by atoms with Gasteiger partial charge in [-0.15, -0.1) is 0 Å². The number of benzene rings is 1. The molecular weight excluding hydrogens is 360 g/mol. The molecule has 8 heteroatoms. The van der Waals surface area contributed by atoms with Crippen LogP contribution in [0.1, 0.15) is 27.9 Å². The molecule has 1 heterocycles. The molecule has 0 saturated heterocycles. The highest BCUT2D eigenvalue weighted by molar-refractivity contribution is 5.75. The summed E-state index contributed by atoms with van der Waals surface area (Å²) in [5, 5.41) is 13.3. The van der Waals surface area contributed by atoms with Crippen LogP contribution in [0.5, 0.6) is 11.5 Å². The topological polar surface area (TPSA) is 97.5 Å². The number of aromatic nitrogens is 2. The average Bonchev–Trinajstić information content (AvgIpc) is 2.67. The van der Waals surface area contributed by atoms with Crippen LogP contribution >= 0.6 is 0 Å². The maximum Gasteiger partial charge on any atom is 0.285 e. The zero-order valence-corrected chi connectivity index (χ0v) is 17.0. The van der Waals surface area contributed by atoms with Crippen molar-refractivity contribution in [1.29, 1.82) is 5.26 Å². The van der Waals surface area contributed by atoms with Crippen LogP contribution in [0, 0.1) is 32.1 Å². The average molecular weight is 384 g/mol. The molecule has 0 bridgehead atoms. The Kier molecular flexibility index (Phi) is 6.41. The quantitative estimate of drug-likeness (QED) is 0.752. The van der Waals surface area contributed by atoms with Crippen LogP contribution in [0.3, 0.4) is 0 Å². The maximum absolute atomic E-state index is 12.6. The molecule has 28 heavy (non-hydrogen) atoms. The lowest BCUT2D eigenvalue weighted by Crippen LogP contribution is -2.36. The van der Waals surface area contributed by atoms with E-state index in [1.807, 2.05) is 25.1 Å². The monoisotopic (exact) mass is 384 g/mol. The summed E-state index contributed by atoms with van der Waals surface area (Å²) in [6.07, 6.45) is 0. The van der Waals surface area contributed by atoms with Crippen LogP contribution in [0.2, 0.25) is 0 Å². The summed E-state index contributed by atoms with van der Waals surface area (Å²) in [6.45, 7) is 5.38. The van der Waals surface area contributed by atoms with Gasteiger partial charge >= 0.3 is 0 Å². The summed E-state index contributed by atoms with van der Waals surface area (Å²) >= 11 is 0. The third kappa shape index (κ3) is 4.14. The Morgan fingerprint density at radius 2 is 1.82 bits per heavy atom. The smallest absolute Gasteiger partial charge is 0.285 e. The van der Waals surface area contributed by atoms with E-state index in [0.29, 0.717) is 29.3 Å². The highest BCUT2D eigenvalue weighted by atomic mass is 16.5. The summed E-state index contributed by atoms with van der Waals surface area (Å²) in [5.41, 5.74) is 2.37. The molecule has 148 valence electrons. The minimum atomic E-state index is -0.561. The lowest BCUT2D eigenvalue weighted by molar-refractivity contribution is -0.131. The molecule has 8 nitrogen and oxygen atoms in total. The summed E-state index contributed by atoms with van der Waals surface area (Å²) in [4.78, 5) is 26.5. The molecule has 1 aromatic heterocycles. The molecule has 2 aromatic rings. The molecule has 0 radical (unpaired) electrons. The van der Waals surface area contributed by atoms with Gasteiger partial charge in [-0.2, -0.15) is 10.4 Å². The number of rotatable bonds is 6. The number of amides is 1. The largest absolute Gasteiger partial charge is 0.493 e. The van der Waals surface area contributed by atoms with Gasteiger partial charge in [-0.3, -0.25) is 9.59 Å². The molecule has 0 N–H and O–H groups in total. The Labute approximate surface area is 163 Å². The van der Waals surface area contributed by atoms with Gasteiger partial charge < -0.3 is 14.4 Å². The molecule has 0 spiro atoms. The molecule has 0 atom stereocenters. The zero-order chi connectivity index (χ0) is 21.0. The number of ether oxygens (including phenoxy) is 2. The summed E-state index contributed by atoms with van der Waals surface area (Å²) in [7, 11) is 4.77. The van der Waals surface area contributed by atoms with Gasteiger partial charge in [0.1, 0.15) is 18.2 Å². The summed E-state index contributed by atoms with van der Waals surface area (Å²) in [5.74, 6) is 0.901. The van der Waals surface area contributed by atoms with Crippen molar-refractivity contribution in [3.63, 3.8) is 0 Å². The minimum Gasteiger partial charge on any atom is -0.493 e. The van der Waals surface area contributed by atoms with E-state index in [0.717, 1.165) is 15.8 Å². The predicted molar refractivity (Wildman–Crippen MR) is 103 cm³/mol. The first-order chi connectivity index (χ1) is 13.2. The molecule has 0 saturated carbocycles. The van der Waals surface area contributed by atoms with E-state index in [1.165, 1.54) is 4.90 Å². The predicted octanol–water partition coefficient (Wildman–Crippen LogP) is 1.72. The lowest BCUT2D eigenvalue weighted by Gasteiger charge is -2.20. The van der Waals surface area contributed by atoms with E-state index in [2.05, 4.69) is 5.10 Å². The number of aryl methyl sites for hydroxylation is 2. The first-order valence-corrected chi connectivity index (χ1v) is 8.67. The highest BCUT2D eigenvalue weighted by Crippen LogP contribution is 2.30. The van der Waals surface area contributed by atoms with Gasteiger partial charge in [-0.05, 0) is 49.6 Å². The number of hydrogen-bond donors (Lipinski definition) is 0. The number of carbonyl (C=O) groups excluding carboxylic acids is 1. The lowest BCUT2D eigenvalue weighted by atomic mass is 10.1. The maximum atomic E-state index is 12.6. The van der Waals surface area contributed by atoms with Crippen LogP contribution in [0.25, 0.3) is 0 Å². The number of likely N-dealkylation sites (N-methyl/N-ethyl adjacent to an activating group) is 1. The third-order valence-electron chi connectivity index (χ3n) is 4.71. The van der Waals surface area contributed by atoms with Crippen LogP contribution in [-0.2, 0) is 17.9 Å². The number of carbonyl (C=O) groups is 1. The summed E-state index contributed by atoms with van der Waals surface area (Å²) < 4.78 is 11.6. The van der Waals surface area contributed by atoms with Gasteiger partial charge in [0.2, 0.25) is 5.91 Å². The third-order valence-corrected chi connectivity index (χ3v) is 4.71. The number of nitriles is 1. The molecule has 2 rings (SSSR count). The normalized spacial score (nSPS) is 10.3. The summed E-state index contributed by atoms with van der Waals surface area (Å²) in [6, 6.07) is 5.57. The van der Waals surface area contributed by atoms with Crippen LogP contribution < -0.4 is 15.0 Å². The van der Waals surface area contributed by atoms with Crippen LogP contribution in [0.4, 0.5) is 0 Å². The number of methoxy groups -OCH3 is 2. The van der Waals surface area contributed by atoms with E-state index >= 15 is 0 Å². The van der Waals surface area contributed by atoms with E-state index in [9.17, 15) is 14.9 Å². The second-order valence-corrected chi connectivity index (χ2v) is 6.54. The fourth-order valence-corrected chi connectivity index (χ4v) is 2.80. The Morgan fingerprint density at radius 3 is 2.39 bits per heavy atom. The SMILES string of the molecule is COc1cc(C)c(CN(C)C(=O)Cn2nc(C)c(C)c(C#N)c2=O)cc1OC. The van der Waals surface area contributed by atoms with Crippen LogP contribution in [0.15, 0.2) is 16.9 Å². The van der Waals surface area contributed by atoms with Crippen molar-refractivity contribution in [2.24, 2.45) is 0 Å². The van der Waals surface area contributed by atoms with Crippen molar-refractivity contribution >= 4 is 5.91 Å². The Morgan fingerprint density at radius 1 is 1.21 bits per heavy atom. The van der Waals surface area contributed by atoms with E-state index in [4.69, 9.17) is 9.47 Å². The van der Waals surface area contributed by atoms with Crippen molar-refractivity contribution in [3.8, 4) is 17.6 Å².